The highest BCUT2D eigenvalue weighted by Gasteiger charge is 2.47. The highest BCUT2D eigenvalue weighted by molar-refractivity contribution is 6.51. The zero-order valence-electron chi connectivity index (χ0n) is 18.1. The quantitative estimate of drug-likeness (QED) is 0.329. The SMILES string of the molecule is COc1ccc(C2/C(=C(/O)c3ccc4c(c3)OCO4)C(=O)C(=O)N2c2ccc(F)c(F)c2)cc1O. The number of hydrogen-bond acceptors (Lipinski definition) is 7. The van der Waals surface area contributed by atoms with Crippen LogP contribution >= 0.6 is 0 Å². The van der Waals surface area contributed by atoms with Crippen LogP contribution in [0.3, 0.4) is 0 Å². The summed E-state index contributed by atoms with van der Waals surface area (Å²) in [5.41, 5.74) is -0.0472. The van der Waals surface area contributed by atoms with E-state index in [0.717, 1.165) is 23.1 Å². The normalized spacial score (nSPS) is 18.3. The van der Waals surface area contributed by atoms with Gasteiger partial charge in [-0.1, -0.05) is 6.07 Å². The van der Waals surface area contributed by atoms with E-state index in [1.807, 2.05) is 0 Å². The number of nitrogens with zero attached hydrogens (tertiary/aromatic N) is 1. The summed E-state index contributed by atoms with van der Waals surface area (Å²) >= 11 is 0. The number of hydrogen-bond donors (Lipinski definition) is 2. The molecule has 1 saturated heterocycles. The van der Waals surface area contributed by atoms with Crippen LogP contribution in [0.4, 0.5) is 14.5 Å². The van der Waals surface area contributed by atoms with Gasteiger partial charge in [0.05, 0.1) is 18.7 Å². The number of Topliss-reactive ketones (excluding diaryl/α,β-unsaturated/α-hetero) is 1. The van der Waals surface area contributed by atoms with Crippen molar-refractivity contribution in [3.05, 3.63) is 82.9 Å². The first kappa shape index (κ1) is 22.2. The van der Waals surface area contributed by atoms with E-state index in [1.165, 1.54) is 43.5 Å². The van der Waals surface area contributed by atoms with Gasteiger partial charge >= 0.3 is 0 Å². The van der Waals surface area contributed by atoms with Gasteiger partial charge in [-0.2, -0.15) is 0 Å². The van der Waals surface area contributed by atoms with Crippen LogP contribution in [0.15, 0.2) is 60.2 Å². The van der Waals surface area contributed by atoms with Crippen LogP contribution in [0.25, 0.3) is 5.76 Å². The first-order chi connectivity index (χ1) is 16.8. The van der Waals surface area contributed by atoms with Crippen LogP contribution < -0.4 is 19.1 Å². The van der Waals surface area contributed by atoms with Crippen LogP contribution in [-0.4, -0.2) is 35.8 Å². The Labute approximate surface area is 197 Å². The second kappa shape index (κ2) is 8.32. The Hall–Kier alpha value is -4.60. The van der Waals surface area contributed by atoms with Gasteiger partial charge in [0.2, 0.25) is 6.79 Å². The van der Waals surface area contributed by atoms with Gasteiger partial charge in [0, 0.05) is 17.3 Å². The van der Waals surface area contributed by atoms with Gasteiger partial charge in [0.15, 0.2) is 34.6 Å². The minimum Gasteiger partial charge on any atom is -0.507 e. The van der Waals surface area contributed by atoms with Crippen molar-refractivity contribution in [2.45, 2.75) is 6.04 Å². The third-order valence-corrected chi connectivity index (χ3v) is 5.79. The monoisotopic (exact) mass is 481 g/mol. The fourth-order valence-corrected chi connectivity index (χ4v) is 4.13. The number of halogens is 2. The molecule has 2 N–H and O–H groups in total. The molecular formula is C25H17F2NO7. The lowest BCUT2D eigenvalue weighted by Crippen LogP contribution is -2.29. The maximum Gasteiger partial charge on any atom is 0.300 e. The van der Waals surface area contributed by atoms with E-state index in [0.29, 0.717) is 11.5 Å². The molecule has 2 aliphatic heterocycles. The molecule has 10 heteroatoms. The summed E-state index contributed by atoms with van der Waals surface area (Å²) in [4.78, 5) is 27.2. The summed E-state index contributed by atoms with van der Waals surface area (Å²) in [6.45, 7) is -0.00873. The number of ketones is 1. The predicted molar refractivity (Wildman–Crippen MR) is 118 cm³/mol. The molecule has 5 rings (SSSR count). The smallest absolute Gasteiger partial charge is 0.300 e. The standard InChI is InChI=1S/C25H17F2NO7/c1-33-18-6-2-12(8-17(18)29)22-21(23(30)13-3-7-19-20(9-13)35-11-34-19)24(31)25(32)28(22)14-4-5-15(26)16(27)10-14/h2-10,22,29-30H,11H2,1H3/b23-21-. The van der Waals surface area contributed by atoms with Crippen LogP contribution in [0.5, 0.6) is 23.0 Å². The summed E-state index contributed by atoms with van der Waals surface area (Å²) in [6, 6.07) is 10.1. The molecule has 178 valence electrons. The molecule has 3 aromatic carbocycles. The Balaban J connectivity index is 1.72. The minimum atomic E-state index is -1.28. The summed E-state index contributed by atoms with van der Waals surface area (Å²) < 4.78 is 43.3. The van der Waals surface area contributed by atoms with Gasteiger partial charge in [0.25, 0.3) is 11.7 Å². The number of phenolic OH excluding ortho intramolecular Hbond substituents is 1. The van der Waals surface area contributed by atoms with Gasteiger partial charge in [-0.3, -0.25) is 14.5 Å². The number of aromatic hydroxyl groups is 1. The van der Waals surface area contributed by atoms with Crippen molar-refractivity contribution in [3.8, 4) is 23.0 Å². The van der Waals surface area contributed by atoms with Gasteiger partial charge in [-0.15, -0.1) is 0 Å². The Morgan fingerprint density at radius 2 is 1.77 bits per heavy atom. The number of amides is 1. The molecule has 2 aliphatic rings. The largest absolute Gasteiger partial charge is 0.507 e. The van der Waals surface area contributed by atoms with E-state index in [2.05, 4.69) is 0 Å². The summed E-state index contributed by atoms with van der Waals surface area (Å²) in [7, 11) is 1.35. The number of ether oxygens (including phenoxy) is 3. The number of aliphatic hydroxyl groups excluding tert-OH is 1. The van der Waals surface area contributed by atoms with Crippen LogP contribution in [0.2, 0.25) is 0 Å². The molecule has 0 aromatic heterocycles. The van der Waals surface area contributed by atoms with Crippen molar-refractivity contribution in [1.82, 2.24) is 0 Å². The first-order valence-corrected chi connectivity index (χ1v) is 10.3. The number of fused-ring (bicyclic) bond motifs is 1. The molecule has 0 radical (unpaired) electrons. The van der Waals surface area contributed by atoms with E-state index < -0.39 is 35.1 Å². The number of benzene rings is 3. The zero-order chi connectivity index (χ0) is 24.9. The zero-order valence-corrected chi connectivity index (χ0v) is 18.1. The van der Waals surface area contributed by atoms with E-state index in [9.17, 15) is 28.6 Å². The van der Waals surface area contributed by atoms with Gasteiger partial charge in [-0.25, -0.2) is 8.78 Å². The molecule has 1 unspecified atom stereocenters. The van der Waals surface area contributed by atoms with E-state index in [1.54, 1.807) is 0 Å². The molecule has 0 aliphatic carbocycles. The molecule has 1 amide bonds. The third kappa shape index (κ3) is 3.59. The Kier molecular flexibility index (Phi) is 5.28. The van der Waals surface area contributed by atoms with Crippen molar-refractivity contribution in [2.24, 2.45) is 0 Å². The molecule has 0 saturated carbocycles. The lowest BCUT2D eigenvalue weighted by molar-refractivity contribution is -0.132. The summed E-state index contributed by atoms with van der Waals surface area (Å²) in [5.74, 6) is -4.38. The number of rotatable bonds is 4. The van der Waals surface area contributed by atoms with Crippen LogP contribution in [0.1, 0.15) is 17.2 Å². The first-order valence-electron chi connectivity index (χ1n) is 10.3. The Morgan fingerprint density at radius 3 is 2.49 bits per heavy atom. The minimum absolute atomic E-state index is 0.00873. The lowest BCUT2D eigenvalue weighted by atomic mass is 9.94. The number of aliphatic hydroxyl groups is 1. The molecule has 8 nitrogen and oxygen atoms in total. The number of carbonyl (C=O) groups is 2. The second-order valence-corrected chi connectivity index (χ2v) is 7.77. The molecule has 35 heavy (non-hydrogen) atoms. The molecular weight excluding hydrogens is 464 g/mol. The number of carbonyl (C=O) groups excluding carboxylic acids is 2. The fourth-order valence-electron chi connectivity index (χ4n) is 4.13. The van der Waals surface area contributed by atoms with Crippen molar-refractivity contribution in [3.63, 3.8) is 0 Å². The highest BCUT2D eigenvalue weighted by Crippen LogP contribution is 2.45. The van der Waals surface area contributed by atoms with E-state index >= 15 is 0 Å². The van der Waals surface area contributed by atoms with Crippen molar-refractivity contribution < 1.29 is 42.8 Å². The Morgan fingerprint density at radius 1 is 1.00 bits per heavy atom. The fraction of sp³-hybridized carbons (Fsp3) is 0.120. The van der Waals surface area contributed by atoms with Crippen molar-refractivity contribution >= 4 is 23.1 Å². The second-order valence-electron chi connectivity index (χ2n) is 7.77. The van der Waals surface area contributed by atoms with E-state index in [4.69, 9.17) is 14.2 Å². The van der Waals surface area contributed by atoms with Gasteiger partial charge in [-0.05, 0) is 48.0 Å². The molecule has 0 spiro atoms. The molecule has 3 aromatic rings. The molecule has 1 fully saturated rings. The molecule has 0 bridgehead atoms. The highest BCUT2D eigenvalue weighted by atomic mass is 19.2. The average molecular weight is 481 g/mol. The predicted octanol–water partition coefficient (Wildman–Crippen LogP) is 4.03. The number of phenols is 1. The maximum atomic E-state index is 14.1. The number of methoxy groups -OCH3 is 1. The molecule has 2 heterocycles. The topological polar surface area (TPSA) is 106 Å². The summed E-state index contributed by atoms with van der Waals surface area (Å²) in [6.07, 6.45) is 0. The lowest BCUT2D eigenvalue weighted by Gasteiger charge is -2.26. The third-order valence-electron chi connectivity index (χ3n) is 5.79. The van der Waals surface area contributed by atoms with E-state index in [-0.39, 0.29) is 40.7 Å². The Bertz CT molecular complexity index is 1420. The summed E-state index contributed by atoms with van der Waals surface area (Å²) in [5, 5.41) is 21.5. The van der Waals surface area contributed by atoms with Crippen molar-refractivity contribution in [1.29, 1.82) is 0 Å². The van der Waals surface area contributed by atoms with Gasteiger partial charge in [0.1, 0.15) is 5.76 Å². The van der Waals surface area contributed by atoms with Crippen LogP contribution in [0, 0.1) is 11.6 Å². The number of anilines is 1. The average Bonchev–Trinajstić information content (AvgIpc) is 3.42. The maximum absolute atomic E-state index is 14.1. The molecule has 1 atom stereocenters. The van der Waals surface area contributed by atoms with Gasteiger partial charge < -0.3 is 24.4 Å². The van der Waals surface area contributed by atoms with Crippen molar-refractivity contribution in [2.75, 3.05) is 18.8 Å². The van der Waals surface area contributed by atoms with Crippen LogP contribution in [-0.2, 0) is 9.59 Å².